The van der Waals surface area contributed by atoms with Crippen molar-refractivity contribution in [3.63, 3.8) is 0 Å². The molecule has 0 saturated heterocycles. The lowest BCUT2D eigenvalue weighted by atomic mass is 9.80. The first kappa shape index (κ1) is 80.9. The van der Waals surface area contributed by atoms with Crippen LogP contribution in [0.5, 0.6) is 5.75 Å². The molecule has 9 nitrogen and oxygen atoms in total. The first-order valence-corrected chi connectivity index (χ1v) is 42.7. The highest BCUT2D eigenvalue weighted by molar-refractivity contribution is 6.74. The van der Waals surface area contributed by atoms with Gasteiger partial charge in [0.05, 0.1) is 44.4 Å². The Hall–Kier alpha value is -3.33. The molecule has 4 unspecified atom stereocenters. The highest BCUT2D eigenvalue weighted by Crippen LogP contribution is 2.43. The maximum absolute atomic E-state index is 13.8. The number of methoxy groups -OCH3 is 1. The van der Waals surface area contributed by atoms with Crippen LogP contribution in [0.15, 0.2) is 84.9 Å². The van der Waals surface area contributed by atoms with Crippen molar-refractivity contribution in [1.29, 1.82) is 0 Å². The third kappa shape index (κ3) is 30.8. The summed E-state index contributed by atoms with van der Waals surface area (Å²) in [5.41, 5.74) is 2.31. The fourth-order valence-electron chi connectivity index (χ4n) is 12.1. The van der Waals surface area contributed by atoms with Gasteiger partial charge in [-0.1, -0.05) is 270 Å². The van der Waals surface area contributed by atoms with Gasteiger partial charge >= 0.3 is 11.9 Å². The second kappa shape index (κ2) is 45.1. The first-order chi connectivity index (χ1) is 43.1. The summed E-state index contributed by atoms with van der Waals surface area (Å²) in [6.07, 6.45) is 33.8. The second-order valence-electron chi connectivity index (χ2n) is 29.6. The molecule has 0 radical (unpaired) electrons. The Bertz CT molecular complexity index is 2140. The Balaban J connectivity index is 1.99. The van der Waals surface area contributed by atoms with Crippen LogP contribution < -0.4 is 4.74 Å². The fraction of sp³-hybridized carbons (Fsp3) is 0.747. The van der Waals surface area contributed by atoms with Crippen LogP contribution in [0.4, 0.5) is 0 Å². The standard InChI is InChI=1S/C79H137NO8Si2/c1-16-20-24-28-30-36-49-67(47-34-26-22-18-3)75(81)84-62-44-42-55-73(87-89(12,13)77(5,6)7)65-80(61-46-64-86-79(69-51-38-32-39-52-69,70-53-40-33-41-54-70)71-57-59-72(83-11)60-58-71)66-74(88-90(14,15)78(8,9)10)56-43-45-63-85-76(82)68(48-35-27-23-19-4)50-37-31-29-25-21-17-2/h32-33,38-41,51-54,57-60,67-68,73-74H,16-31,34-37,42-50,55-56,61-66H2,1-15H3. The molecule has 0 saturated carbocycles. The van der Waals surface area contributed by atoms with Crippen LogP contribution in [-0.4, -0.2) is 92.2 Å². The molecule has 0 fully saturated rings. The summed E-state index contributed by atoms with van der Waals surface area (Å²) in [6, 6.07) is 29.7. The van der Waals surface area contributed by atoms with Gasteiger partial charge in [-0.05, 0) is 136 Å². The molecule has 3 aromatic rings. The zero-order valence-electron chi connectivity index (χ0n) is 60.8. The Labute approximate surface area is 556 Å². The number of carbonyl (C=O) groups is 2. The SMILES string of the molecule is CCCCCCCCC(CCCCCC)C(=O)OCCCCC(CN(CCCOC(c1ccccc1)(c1ccccc1)c1ccc(OC)cc1)CC(CCCCOC(=O)C(CCCCCC)CCCCCCCC)O[Si](C)(C)C(C)(C)C)O[Si](C)(C)C(C)(C)C. The van der Waals surface area contributed by atoms with E-state index in [9.17, 15) is 9.59 Å². The molecule has 514 valence electrons. The topological polar surface area (TPSA) is 92.8 Å². The molecule has 0 aromatic heterocycles. The third-order valence-electron chi connectivity index (χ3n) is 19.9. The number of carbonyl (C=O) groups excluding carboxylic acids is 2. The van der Waals surface area contributed by atoms with Crippen molar-refractivity contribution in [2.75, 3.05) is 46.6 Å². The van der Waals surface area contributed by atoms with E-state index in [0.717, 1.165) is 138 Å². The van der Waals surface area contributed by atoms with Crippen molar-refractivity contribution in [1.82, 2.24) is 4.90 Å². The maximum atomic E-state index is 13.8. The lowest BCUT2D eigenvalue weighted by Gasteiger charge is -2.43. The van der Waals surface area contributed by atoms with Crippen LogP contribution in [0.3, 0.4) is 0 Å². The number of nitrogens with zero attached hydrogens (tertiary/aromatic N) is 1. The van der Waals surface area contributed by atoms with Crippen molar-refractivity contribution in [2.24, 2.45) is 11.8 Å². The van der Waals surface area contributed by atoms with E-state index in [1.54, 1.807) is 7.11 Å². The van der Waals surface area contributed by atoms with Crippen LogP contribution >= 0.6 is 0 Å². The van der Waals surface area contributed by atoms with E-state index in [1.165, 1.54) is 103 Å². The minimum absolute atomic E-state index is 0.00401. The average Bonchev–Trinajstić information content (AvgIpc) is 0.936. The third-order valence-corrected chi connectivity index (χ3v) is 28.9. The Morgan fingerprint density at radius 3 is 1.10 bits per heavy atom. The Morgan fingerprint density at radius 1 is 0.411 bits per heavy atom. The minimum Gasteiger partial charge on any atom is -0.497 e. The Kier molecular flexibility index (Phi) is 40.6. The monoisotopic (exact) mass is 1280 g/mol. The molecule has 0 heterocycles. The number of ether oxygens (including phenoxy) is 4. The van der Waals surface area contributed by atoms with Gasteiger partial charge in [-0.25, -0.2) is 0 Å². The smallest absolute Gasteiger partial charge is 0.308 e. The summed E-state index contributed by atoms with van der Waals surface area (Å²) in [7, 11) is -2.79. The molecule has 11 heteroatoms. The lowest BCUT2D eigenvalue weighted by Crippen LogP contribution is -2.50. The van der Waals surface area contributed by atoms with Gasteiger partial charge < -0.3 is 27.8 Å². The zero-order valence-corrected chi connectivity index (χ0v) is 62.8. The molecule has 0 bridgehead atoms. The van der Waals surface area contributed by atoms with Crippen molar-refractivity contribution in [3.8, 4) is 5.75 Å². The summed E-state index contributed by atoms with van der Waals surface area (Å²) in [5, 5.41) is 0.0318. The summed E-state index contributed by atoms with van der Waals surface area (Å²) >= 11 is 0. The van der Waals surface area contributed by atoms with Crippen LogP contribution in [-0.2, 0) is 38.3 Å². The van der Waals surface area contributed by atoms with E-state index in [-0.39, 0.29) is 46.1 Å². The van der Waals surface area contributed by atoms with Gasteiger partial charge in [-0.15, -0.1) is 0 Å². The first-order valence-electron chi connectivity index (χ1n) is 36.9. The molecule has 90 heavy (non-hydrogen) atoms. The normalized spacial score (nSPS) is 14.0. The highest BCUT2D eigenvalue weighted by atomic mass is 28.4. The lowest BCUT2D eigenvalue weighted by molar-refractivity contribution is -0.150. The number of benzene rings is 3. The van der Waals surface area contributed by atoms with E-state index in [1.807, 2.05) is 12.1 Å². The quantitative estimate of drug-likeness (QED) is 0.0237. The number of esters is 2. The number of unbranched alkanes of at least 4 members (excludes halogenated alkanes) is 18. The van der Waals surface area contributed by atoms with Gasteiger partial charge in [-0.2, -0.15) is 0 Å². The summed E-state index contributed by atoms with van der Waals surface area (Å²) in [5.74, 6) is 0.812. The molecule has 0 aliphatic heterocycles. The van der Waals surface area contributed by atoms with E-state index in [0.29, 0.717) is 19.8 Å². The van der Waals surface area contributed by atoms with E-state index in [4.69, 9.17) is 27.8 Å². The summed E-state index contributed by atoms with van der Waals surface area (Å²) < 4.78 is 40.6. The van der Waals surface area contributed by atoms with Crippen LogP contribution in [0.2, 0.25) is 36.3 Å². The van der Waals surface area contributed by atoms with E-state index >= 15 is 0 Å². The van der Waals surface area contributed by atoms with Gasteiger partial charge in [0.1, 0.15) is 11.4 Å². The van der Waals surface area contributed by atoms with E-state index in [2.05, 4.69) is 173 Å². The van der Waals surface area contributed by atoms with Crippen molar-refractivity contribution < 1.29 is 37.4 Å². The summed E-state index contributed by atoms with van der Waals surface area (Å²) in [6.45, 7) is 36.3. The fourth-order valence-corrected chi connectivity index (χ4v) is 14.9. The Morgan fingerprint density at radius 2 is 0.744 bits per heavy atom. The molecule has 0 amide bonds. The van der Waals surface area contributed by atoms with Gasteiger partial charge in [-0.3, -0.25) is 14.5 Å². The van der Waals surface area contributed by atoms with Crippen molar-refractivity contribution in [2.45, 2.75) is 322 Å². The molecule has 4 atom stereocenters. The maximum Gasteiger partial charge on any atom is 0.308 e. The van der Waals surface area contributed by atoms with Gasteiger partial charge in [0.15, 0.2) is 16.6 Å². The molecule has 0 aliphatic carbocycles. The number of hydrogen-bond donors (Lipinski definition) is 0. The molecule has 3 rings (SSSR count). The van der Waals surface area contributed by atoms with Gasteiger partial charge in [0, 0.05) is 26.2 Å². The molecular formula is C79H137NO8Si2. The molecular weight excluding hydrogens is 1150 g/mol. The largest absolute Gasteiger partial charge is 0.497 e. The number of rotatable bonds is 53. The second-order valence-corrected chi connectivity index (χ2v) is 39.1. The minimum atomic E-state index is -2.25. The van der Waals surface area contributed by atoms with Crippen LogP contribution in [0.1, 0.15) is 285 Å². The van der Waals surface area contributed by atoms with Crippen molar-refractivity contribution >= 4 is 28.6 Å². The molecule has 0 aliphatic rings. The molecule has 0 spiro atoms. The number of hydrogen-bond acceptors (Lipinski definition) is 9. The van der Waals surface area contributed by atoms with E-state index < -0.39 is 22.2 Å². The summed E-state index contributed by atoms with van der Waals surface area (Å²) in [4.78, 5) is 30.3. The predicted octanol–water partition coefficient (Wildman–Crippen LogP) is 22.6. The van der Waals surface area contributed by atoms with Gasteiger partial charge in [0.25, 0.3) is 0 Å². The van der Waals surface area contributed by atoms with Crippen LogP contribution in [0.25, 0.3) is 0 Å². The highest BCUT2D eigenvalue weighted by Gasteiger charge is 2.42. The zero-order chi connectivity index (χ0) is 66.2. The van der Waals surface area contributed by atoms with Crippen molar-refractivity contribution in [3.05, 3.63) is 102 Å². The average molecular weight is 1290 g/mol. The predicted molar refractivity (Wildman–Crippen MR) is 387 cm³/mol. The van der Waals surface area contributed by atoms with Crippen LogP contribution in [0, 0.1) is 11.8 Å². The molecule has 3 aromatic carbocycles. The van der Waals surface area contributed by atoms with Gasteiger partial charge in [0.2, 0.25) is 0 Å². The molecule has 0 N–H and O–H groups in total.